The van der Waals surface area contributed by atoms with Gasteiger partial charge in [0.05, 0.1) is 0 Å². The van der Waals surface area contributed by atoms with E-state index in [0.29, 0.717) is 0 Å². The molecule has 2 atom stereocenters. The summed E-state index contributed by atoms with van der Waals surface area (Å²) in [6, 6.07) is 0.0247. The molecule has 0 radical (unpaired) electrons. The van der Waals surface area contributed by atoms with Crippen molar-refractivity contribution in [3.63, 3.8) is 0 Å². The second-order valence-electron chi connectivity index (χ2n) is 3.29. The average Bonchev–Trinajstić information content (AvgIpc) is 2.01. The lowest BCUT2D eigenvalue weighted by atomic mass is 10.2. The lowest BCUT2D eigenvalue weighted by Crippen LogP contribution is -2.41. The molecule has 5 heteroatoms. The summed E-state index contributed by atoms with van der Waals surface area (Å²) in [4.78, 5) is 11.3. The van der Waals surface area contributed by atoms with Crippen molar-refractivity contribution in [2.24, 2.45) is 0 Å². The summed E-state index contributed by atoms with van der Waals surface area (Å²) in [5.41, 5.74) is 0. The van der Waals surface area contributed by atoms with Crippen molar-refractivity contribution in [1.82, 2.24) is 5.32 Å². The van der Waals surface area contributed by atoms with Gasteiger partial charge in [-0.15, -0.1) is 0 Å². The molecule has 2 unspecified atom stereocenters. The first-order valence-corrected chi connectivity index (χ1v) is 6.23. The summed E-state index contributed by atoms with van der Waals surface area (Å²) in [5.74, 6) is -0.420. The Labute approximate surface area is 79.6 Å². The van der Waals surface area contributed by atoms with Crippen LogP contribution >= 0.6 is 0 Å². The number of carbonyl (C=O) groups is 1. The van der Waals surface area contributed by atoms with Crippen molar-refractivity contribution in [3.8, 4) is 0 Å². The van der Waals surface area contributed by atoms with E-state index in [2.05, 4.69) is 5.32 Å². The highest BCUT2D eigenvalue weighted by Gasteiger charge is 2.23. The minimum atomic E-state index is -3.27. The van der Waals surface area contributed by atoms with Crippen LogP contribution in [0.2, 0.25) is 0 Å². The van der Waals surface area contributed by atoms with Gasteiger partial charge in [0.1, 0.15) is 5.25 Å². The van der Waals surface area contributed by atoms with E-state index in [1.54, 1.807) is 0 Å². The fourth-order valence-corrected chi connectivity index (χ4v) is 1.11. The van der Waals surface area contributed by atoms with Crippen molar-refractivity contribution in [2.45, 2.75) is 38.5 Å². The molecule has 0 aromatic rings. The average molecular weight is 207 g/mol. The molecule has 0 aliphatic heterocycles. The number of carbonyl (C=O) groups excluding carboxylic acids is 1. The first-order chi connectivity index (χ1) is 5.79. The Morgan fingerprint density at radius 3 is 2.15 bits per heavy atom. The van der Waals surface area contributed by atoms with E-state index in [0.717, 1.165) is 12.7 Å². The van der Waals surface area contributed by atoms with Gasteiger partial charge in [-0.05, 0) is 20.3 Å². The molecule has 0 aromatic heterocycles. The molecule has 1 N–H and O–H groups in total. The SMILES string of the molecule is CCC(C)NC(=O)C(C)S(C)(=O)=O. The van der Waals surface area contributed by atoms with Gasteiger partial charge in [0.15, 0.2) is 9.84 Å². The molecule has 78 valence electrons. The molecule has 0 bridgehead atoms. The minimum Gasteiger partial charge on any atom is -0.353 e. The number of hydrogen-bond donors (Lipinski definition) is 1. The number of nitrogens with one attached hydrogen (secondary N) is 1. The number of amides is 1. The second-order valence-corrected chi connectivity index (χ2v) is 5.66. The van der Waals surface area contributed by atoms with E-state index in [-0.39, 0.29) is 6.04 Å². The topological polar surface area (TPSA) is 63.2 Å². The van der Waals surface area contributed by atoms with Crippen LogP contribution in [0.5, 0.6) is 0 Å². The standard InChI is InChI=1S/C8H17NO3S/c1-5-6(2)9-8(10)7(3)13(4,11)12/h6-7H,5H2,1-4H3,(H,9,10). The van der Waals surface area contributed by atoms with Crippen molar-refractivity contribution < 1.29 is 13.2 Å². The third-order valence-electron chi connectivity index (χ3n) is 2.01. The maximum absolute atomic E-state index is 11.3. The summed E-state index contributed by atoms with van der Waals surface area (Å²) in [7, 11) is -3.27. The van der Waals surface area contributed by atoms with Gasteiger partial charge >= 0.3 is 0 Å². The number of hydrogen-bond acceptors (Lipinski definition) is 3. The van der Waals surface area contributed by atoms with Gasteiger partial charge in [-0.3, -0.25) is 4.79 Å². The first kappa shape index (κ1) is 12.4. The summed E-state index contributed by atoms with van der Waals surface area (Å²) < 4.78 is 22.0. The van der Waals surface area contributed by atoms with E-state index >= 15 is 0 Å². The van der Waals surface area contributed by atoms with Gasteiger partial charge in [-0.25, -0.2) is 8.42 Å². The van der Waals surface area contributed by atoms with E-state index in [4.69, 9.17) is 0 Å². The van der Waals surface area contributed by atoms with Crippen LogP contribution in [0.3, 0.4) is 0 Å². The molecule has 0 rings (SSSR count). The Kier molecular flexibility index (Phi) is 4.39. The summed E-state index contributed by atoms with van der Waals surface area (Å²) in [6.45, 7) is 5.16. The normalized spacial score (nSPS) is 16.3. The Balaban J connectivity index is 4.29. The van der Waals surface area contributed by atoms with Gasteiger partial charge < -0.3 is 5.32 Å². The predicted molar refractivity (Wildman–Crippen MR) is 52.2 cm³/mol. The van der Waals surface area contributed by atoms with Crippen LogP contribution in [-0.4, -0.2) is 31.9 Å². The molecule has 1 amide bonds. The van der Waals surface area contributed by atoms with Crippen molar-refractivity contribution in [3.05, 3.63) is 0 Å². The number of rotatable bonds is 4. The summed E-state index contributed by atoms with van der Waals surface area (Å²) >= 11 is 0. The Bertz CT molecular complexity index is 271. The maximum Gasteiger partial charge on any atom is 0.238 e. The summed E-state index contributed by atoms with van der Waals surface area (Å²) in [5, 5.41) is 1.66. The van der Waals surface area contributed by atoms with Crippen LogP contribution in [0.15, 0.2) is 0 Å². The largest absolute Gasteiger partial charge is 0.353 e. The number of sulfone groups is 1. The molecule has 0 spiro atoms. The Morgan fingerprint density at radius 1 is 1.38 bits per heavy atom. The third kappa shape index (κ3) is 4.26. The molecular formula is C8H17NO3S. The van der Waals surface area contributed by atoms with Crippen LogP contribution in [0.4, 0.5) is 0 Å². The molecule has 0 fully saturated rings. The molecular weight excluding hydrogens is 190 g/mol. The minimum absolute atomic E-state index is 0.0247. The molecule has 0 saturated carbocycles. The second kappa shape index (κ2) is 4.60. The van der Waals surface area contributed by atoms with E-state index < -0.39 is 21.0 Å². The van der Waals surface area contributed by atoms with E-state index in [1.807, 2.05) is 13.8 Å². The van der Waals surface area contributed by atoms with Crippen molar-refractivity contribution in [2.75, 3.05) is 6.26 Å². The van der Waals surface area contributed by atoms with Gasteiger partial charge in [-0.1, -0.05) is 6.92 Å². The zero-order chi connectivity index (χ0) is 10.6. The molecule has 4 nitrogen and oxygen atoms in total. The molecule has 0 aromatic carbocycles. The zero-order valence-corrected chi connectivity index (χ0v) is 9.31. The molecule has 0 aliphatic carbocycles. The monoisotopic (exact) mass is 207 g/mol. The highest BCUT2D eigenvalue weighted by atomic mass is 32.2. The van der Waals surface area contributed by atoms with Crippen LogP contribution in [0.25, 0.3) is 0 Å². The maximum atomic E-state index is 11.3. The highest BCUT2D eigenvalue weighted by molar-refractivity contribution is 7.92. The van der Waals surface area contributed by atoms with Crippen LogP contribution < -0.4 is 5.32 Å². The fraction of sp³-hybridized carbons (Fsp3) is 0.875. The van der Waals surface area contributed by atoms with Gasteiger partial charge in [0.2, 0.25) is 5.91 Å². The van der Waals surface area contributed by atoms with Crippen LogP contribution in [-0.2, 0) is 14.6 Å². The summed E-state index contributed by atoms with van der Waals surface area (Å²) in [6.07, 6.45) is 1.86. The van der Waals surface area contributed by atoms with Gasteiger partial charge in [-0.2, -0.15) is 0 Å². The van der Waals surface area contributed by atoms with Crippen molar-refractivity contribution in [1.29, 1.82) is 0 Å². The van der Waals surface area contributed by atoms with Gasteiger partial charge in [0.25, 0.3) is 0 Å². The van der Waals surface area contributed by atoms with Crippen LogP contribution in [0.1, 0.15) is 27.2 Å². The molecule has 13 heavy (non-hydrogen) atoms. The smallest absolute Gasteiger partial charge is 0.238 e. The lowest BCUT2D eigenvalue weighted by molar-refractivity contribution is -0.121. The van der Waals surface area contributed by atoms with E-state index in [9.17, 15) is 13.2 Å². The fourth-order valence-electron chi connectivity index (χ4n) is 0.657. The molecule has 0 heterocycles. The van der Waals surface area contributed by atoms with Gasteiger partial charge in [0, 0.05) is 12.3 Å². The predicted octanol–water partition coefficient (Wildman–Crippen LogP) is 0.334. The van der Waals surface area contributed by atoms with E-state index in [1.165, 1.54) is 6.92 Å². The highest BCUT2D eigenvalue weighted by Crippen LogP contribution is 1.99. The quantitative estimate of drug-likeness (QED) is 0.722. The Morgan fingerprint density at radius 2 is 1.85 bits per heavy atom. The molecule has 0 saturated heterocycles. The van der Waals surface area contributed by atoms with Crippen molar-refractivity contribution >= 4 is 15.7 Å². The third-order valence-corrected chi connectivity index (χ3v) is 3.51. The van der Waals surface area contributed by atoms with Crippen LogP contribution in [0, 0.1) is 0 Å². The zero-order valence-electron chi connectivity index (χ0n) is 8.49. The first-order valence-electron chi connectivity index (χ1n) is 4.28. The Hall–Kier alpha value is -0.580. The lowest BCUT2D eigenvalue weighted by Gasteiger charge is -2.14. The molecule has 0 aliphatic rings.